The lowest BCUT2D eigenvalue weighted by atomic mass is 9.97. The molecule has 1 heterocycles. The van der Waals surface area contributed by atoms with Crippen LogP contribution < -0.4 is 10.5 Å². The van der Waals surface area contributed by atoms with E-state index in [1.807, 2.05) is 45.9 Å². The number of thioether (sulfide) groups is 1. The molecule has 6 heteroatoms. The summed E-state index contributed by atoms with van der Waals surface area (Å²) in [4.78, 5) is 5.38. The second-order valence-corrected chi connectivity index (χ2v) is 6.70. The normalized spacial score (nSPS) is 11.6. The zero-order chi connectivity index (χ0) is 15.5. The molecule has 0 radical (unpaired) electrons. The number of nitrogens with zero attached hydrogens (tertiary/aromatic N) is 2. The van der Waals surface area contributed by atoms with Gasteiger partial charge in [0.25, 0.3) is 0 Å². The van der Waals surface area contributed by atoms with E-state index in [1.165, 1.54) is 0 Å². The molecule has 0 fully saturated rings. The second kappa shape index (κ2) is 6.39. The van der Waals surface area contributed by atoms with Crippen molar-refractivity contribution in [2.75, 3.05) is 12.3 Å². The molecule has 1 aromatic heterocycles. The number of nitrogens with two attached hydrogens (primary N) is 1. The molecule has 0 saturated carbocycles. The molecule has 2 N–H and O–H groups in total. The molecule has 0 unspecified atom stereocenters. The zero-order valence-corrected chi connectivity index (χ0v) is 13.7. The Bertz CT molecular complexity index is 605. The summed E-state index contributed by atoms with van der Waals surface area (Å²) in [6, 6.07) is 5.66. The van der Waals surface area contributed by atoms with E-state index in [-0.39, 0.29) is 5.41 Å². The lowest BCUT2D eigenvalue weighted by molar-refractivity contribution is 0.319. The monoisotopic (exact) mass is 307 g/mol. The summed E-state index contributed by atoms with van der Waals surface area (Å²) in [5, 5.41) is 4.01. The summed E-state index contributed by atoms with van der Waals surface area (Å²) >= 11 is 1.57. The van der Waals surface area contributed by atoms with Gasteiger partial charge in [0.1, 0.15) is 5.75 Å². The quantitative estimate of drug-likeness (QED) is 0.671. The van der Waals surface area contributed by atoms with Gasteiger partial charge in [0.15, 0.2) is 5.82 Å². The van der Waals surface area contributed by atoms with Crippen LogP contribution in [-0.4, -0.2) is 16.7 Å². The summed E-state index contributed by atoms with van der Waals surface area (Å²) in [6.07, 6.45) is 0. The number of aromatic nitrogens is 2. The summed E-state index contributed by atoms with van der Waals surface area (Å²) < 4.78 is 10.8. The van der Waals surface area contributed by atoms with Crippen LogP contribution in [0.1, 0.15) is 39.4 Å². The highest BCUT2D eigenvalue weighted by atomic mass is 32.2. The largest absolute Gasteiger partial charge is 0.494 e. The molecular formula is C15H21N3O2S. The molecule has 0 aliphatic heterocycles. The molecule has 0 saturated heterocycles. The van der Waals surface area contributed by atoms with Crippen molar-refractivity contribution in [1.29, 1.82) is 0 Å². The first-order chi connectivity index (χ1) is 9.90. The van der Waals surface area contributed by atoms with Gasteiger partial charge in [0.05, 0.1) is 12.4 Å². The average molecular weight is 307 g/mol. The minimum atomic E-state index is -0.135. The standard InChI is InChI=1S/C15H21N3O2S/c1-5-19-10-6-7-11(16)12(8-10)21-9-13-17-14(20-18-13)15(2,3)4/h6-8H,5,9,16H2,1-4H3. The first-order valence-electron chi connectivity index (χ1n) is 6.88. The first-order valence-corrected chi connectivity index (χ1v) is 7.87. The van der Waals surface area contributed by atoms with Crippen LogP contribution in [0, 0.1) is 0 Å². The van der Waals surface area contributed by atoms with Crippen LogP contribution in [0.2, 0.25) is 0 Å². The fourth-order valence-corrected chi connectivity index (χ4v) is 2.49. The van der Waals surface area contributed by atoms with Crippen molar-refractivity contribution >= 4 is 17.4 Å². The fraction of sp³-hybridized carbons (Fsp3) is 0.467. The molecule has 0 amide bonds. The van der Waals surface area contributed by atoms with Crippen LogP contribution in [0.15, 0.2) is 27.6 Å². The van der Waals surface area contributed by atoms with E-state index in [0.717, 1.165) is 16.3 Å². The van der Waals surface area contributed by atoms with E-state index in [2.05, 4.69) is 10.1 Å². The summed E-state index contributed by atoms with van der Waals surface area (Å²) in [5.74, 6) is 2.75. The molecule has 0 bridgehead atoms. The van der Waals surface area contributed by atoms with E-state index in [0.29, 0.717) is 24.1 Å². The Labute approximate surface area is 129 Å². The smallest absolute Gasteiger partial charge is 0.232 e. The van der Waals surface area contributed by atoms with Crippen molar-refractivity contribution in [3.05, 3.63) is 29.9 Å². The third kappa shape index (κ3) is 4.14. The Hall–Kier alpha value is -1.69. The number of anilines is 1. The van der Waals surface area contributed by atoms with E-state index in [4.69, 9.17) is 15.0 Å². The van der Waals surface area contributed by atoms with Gasteiger partial charge in [-0.15, -0.1) is 11.8 Å². The molecule has 114 valence electrons. The SMILES string of the molecule is CCOc1ccc(N)c(SCc2noc(C(C)(C)C)n2)c1. The molecule has 1 aromatic carbocycles. The van der Waals surface area contributed by atoms with E-state index >= 15 is 0 Å². The Morgan fingerprint density at radius 1 is 1.33 bits per heavy atom. The maximum absolute atomic E-state index is 5.98. The third-order valence-electron chi connectivity index (χ3n) is 2.76. The maximum atomic E-state index is 5.98. The number of benzene rings is 1. The highest BCUT2D eigenvalue weighted by Crippen LogP contribution is 2.31. The number of rotatable bonds is 5. The van der Waals surface area contributed by atoms with Gasteiger partial charge in [0, 0.05) is 16.0 Å². The van der Waals surface area contributed by atoms with Crippen LogP contribution in [0.25, 0.3) is 0 Å². The molecular weight excluding hydrogens is 286 g/mol. The Balaban J connectivity index is 2.06. The van der Waals surface area contributed by atoms with Gasteiger partial charge in [-0.3, -0.25) is 0 Å². The van der Waals surface area contributed by atoms with Crippen molar-refractivity contribution in [3.8, 4) is 5.75 Å². The van der Waals surface area contributed by atoms with Gasteiger partial charge in [-0.25, -0.2) is 0 Å². The molecule has 2 aromatic rings. The molecule has 5 nitrogen and oxygen atoms in total. The lowest BCUT2D eigenvalue weighted by Gasteiger charge is -2.10. The highest BCUT2D eigenvalue weighted by molar-refractivity contribution is 7.98. The number of nitrogen functional groups attached to an aromatic ring is 1. The highest BCUT2D eigenvalue weighted by Gasteiger charge is 2.21. The van der Waals surface area contributed by atoms with E-state index in [9.17, 15) is 0 Å². The van der Waals surface area contributed by atoms with Gasteiger partial charge >= 0.3 is 0 Å². The van der Waals surface area contributed by atoms with Gasteiger partial charge in [0.2, 0.25) is 5.89 Å². The number of hydrogen-bond donors (Lipinski definition) is 1. The van der Waals surface area contributed by atoms with Gasteiger partial charge in [-0.05, 0) is 25.1 Å². The second-order valence-electron chi connectivity index (χ2n) is 5.69. The van der Waals surface area contributed by atoms with Crippen LogP contribution in [-0.2, 0) is 11.2 Å². The molecule has 0 spiro atoms. The molecule has 0 aliphatic rings. The van der Waals surface area contributed by atoms with E-state index < -0.39 is 0 Å². The molecule has 0 aliphatic carbocycles. The first kappa shape index (κ1) is 15.7. The summed E-state index contributed by atoms with van der Waals surface area (Å²) in [7, 11) is 0. The average Bonchev–Trinajstić information content (AvgIpc) is 2.88. The van der Waals surface area contributed by atoms with Crippen LogP contribution in [0.4, 0.5) is 5.69 Å². The summed E-state index contributed by atoms with van der Waals surface area (Å²) in [6.45, 7) is 8.72. The predicted molar refractivity (Wildman–Crippen MR) is 84.6 cm³/mol. The Morgan fingerprint density at radius 3 is 2.71 bits per heavy atom. The van der Waals surface area contributed by atoms with Crippen LogP contribution in [0.3, 0.4) is 0 Å². The van der Waals surface area contributed by atoms with Crippen molar-refractivity contribution in [3.63, 3.8) is 0 Å². The van der Waals surface area contributed by atoms with Gasteiger partial charge in [-0.2, -0.15) is 4.98 Å². The topological polar surface area (TPSA) is 74.2 Å². The lowest BCUT2D eigenvalue weighted by Crippen LogP contribution is -2.11. The predicted octanol–water partition coefficient (Wildman–Crippen LogP) is 3.64. The van der Waals surface area contributed by atoms with Crippen LogP contribution >= 0.6 is 11.8 Å². The number of ether oxygens (including phenoxy) is 1. The van der Waals surface area contributed by atoms with Crippen LogP contribution in [0.5, 0.6) is 5.75 Å². The van der Waals surface area contributed by atoms with Gasteiger partial charge in [-0.1, -0.05) is 25.9 Å². The van der Waals surface area contributed by atoms with Gasteiger partial charge < -0.3 is 15.0 Å². The molecule has 0 atom stereocenters. The third-order valence-corrected chi connectivity index (χ3v) is 3.83. The van der Waals surface area contributed by atoms with Crippen molar-refractivity contribution in [2.45, 2.75) is 43.8 Å². The maximum Gasteiger partial charge on any atom is 0.232 e. The Morgan fingerprint density at radius 2 is 2.10 bits per heavy atom. The van der Waals surface area contributed by atoms with Crippen molar-refractivity contribution in [2.24, 2.45) is 0 Å². The molecule has 21 heavy (non-hydrogen) atoms. The Kier molecular flexibility index (Phi) is 4.77. The summed E-state index contributed by atoms with van der Waals surface area (Å²) in [5.41, 5.74) is 6.57. The number of hydrogen-bond acceptors (Lipinski definition) is 6. The fourth-order valence-electron chi connectivity index (χ4n) is 1.66. The minimum absolute atomic E-state index is 0.135. The minimum Gasteiger partial charge on any atom is -0.494 e. The zero-order valence-electron chi connectivity index (χ0n) is 12.8. The van der Waals surface area contributed by atoms with Crippen molar-refractivity contribution in [1.82, 2.24) is 10.1 Å². The van der Waals surface area contributed by atoms with E-state index in [1.54, 1.807) is 11.8 Å². The molecule has 2 rings (SSSR count). The van der Waals surface area contributed by atoms with Crippen molar-refractivity contribution < 1.29 is 9.26 Å².